The molecule has 94 valence electrons. The molecule has 4 rings (SSSR count). The number of carbonyl (C=O) groups is 1. The molecule has 2 atom stereocenters. The molecule has 3 aliphatic rings. The number of carbonyl (C=O) groups excluding carboxylic acids is 1. The maximum absolute atomic E-state index is 11.9. The molecule has 0 bridgehead atoms. The quantitative estimate of drug-likeness (QED) is 0.758. The molecule has 3 heterocycles. The maximum atomic E-state index is 11.9. The molecule has 0 radical (unpaired) electrons. The molecule has 0 N–H and O–H groups in total. The Kier molecular flexibility index (Phi) is 2.07. The summed E-state index contributed by atoms with van der Waals surface area (Å²) in [6.45, 7) is 1.24. The molecule has 0 spiro atoms. The van der Waals surface area contributed by atoms with E-state index in [2.05, 4.69) is 11.0 Å². The summed E-state index contributed by atoms with van der Waals surface area (Å²) >= 11 is 0. The van der Waals surface area contributed by atoms with Gasteiger partial charge >= 0.3 is 0 Å². The summed E-state index contributed by atoms with van der Waals surface area (Å²) in [4.78, 5) is 14.0. The highest BCUT2D eigenvalue weighted by molar-refractivity contribution is 5.81. The van der Waals surface area contributed by atoms with Crippen LogP contribution in [0.15, 0.2) is 18.2 Å². The lowest BCUT2D eigenvalue weighted by molar-refractivity contribution is -0.127. The van der Waals surface area contributed by atoms with E-state index in [9.17, 15) is 4.79 Å². The highest BCUT2D eigenvalue weighted by atomic mass is 16.7. The average molecular weight is 245 g/mol. The van der Waals surface area contributed by atoms with Gasteiger partial charge in [-0.1, -0.05) is 6.07 Å². The number of amides is 1. The SMILES string of the molecule is O=C1C[C@H](c2ccc3c(c2)OCO3)[C@@H]2CCCN12. The molecule has 3 aliphatic heterocycles. The lowest BCUT2D eigenvalue weighted by Crippen LogP contribution is -2.28. The zero-order chi connectivity index (χ0) is 12.1. The van der Waals surface area contributed by atoms with Gasteiger partial charge in [0.25, 0.3) is 0 Å². The molecule has 1 aromatic rings. The van der Waals surface area contributed by atoms with Crippen molar-refractivity contribution in [3.8, 4) is 11.5 Å². The van der Waals surface area contributed by atoms with Crippen LogP contribution in [0, 0.1) is 0 Å². The molecular weight excluding hydrogens is 230 g/mol. The van der Waals surface area contributed by atoms with Gasteiger partial charge in [0, 0.05) is 24.9 Å². The van der Waals surface area contributed by atoms with Gasteiger partial charge in [-0.05, 0) is 30.5 Å². The molecule has 0 aromatic heterocycles. The molecule has 4 heteroatoms. The van der Waals surface area contributed by atoms with E-state index in [-0.39, 0.29) is 0 Å². The number of ether oxygens (including phenoxy) is 2. The number of fused-ring (bicyclic) bond motifs is 2. The van der Waals surface area contributed by atoms with Crippen LogP contribution in [0.25, 0.3) is 0 Å². The number of hydrogen-bond donors (Lipinski definition) is 0. The minimum absolute atomic E-state index is 0.304. The van der Waals surface area contributed by atoms with E-state index in [0.717, 1.165) is 30.9 Å². The molecule has 2 fully saturated rings. The summed E-state index contributed by atoms with van der Waals surface area (Å²) in [6, 6.07) is 6.48. The molecule has 4 nitrogen and oxygen atoms in total. The van der Waals surface area contributed by atoms with Gasteiger partial charge in [0.15, 0.2) is 11.5 Å². The smallest absolute Gasteiger partial charge is 0.231 e. The first kappa shape index (κ1) is 10.2. The lowest BCUT2D eigenvalue weighted by atomic mass is 9.90. The second kappa shape index (κ2) is 3.64. The van der Waals surface area contributed by atoms with Crippen molar-refractivity contribution < 1.29 is 14.3 Å². The van der Waals surface area contributed by atoms with Gasteiger partial charge in [-0.15, -0.1) is 0 Å². The van der Waals surface area contributed by atoms with Gasteiger partial charge < -0.3 is 14.4 Å². The Morgan fingerprint density at radius 1 is 1.22 bits per heavy atom. The third-order valence-corrected chi connectivity index (χ3v) is 4.30. The van der Waals surface area contributed by atoms with Crippen molar-refractivity contribution in [3.05, 3.63) is 23.8 Å². The zero-order valence-corrected chi connectivity index (χ0v) is 10.1. The van der Waals surface area contributed by atoms with Gasteiger partial charge in [-0.3, -0.25) is 4.79 Å². The highest BCUT2D eigenvalue weighted by Crippen LogP contribution is 2.43. The number of hydrogen-bond acceptors (Lipinski definition) is 3. The molecular formula is C14H15NO3. The third kappa shape index (κ3) is 1.35. The fraction of sp³-hybridized carbons (Fsp3) is 0.500. The van der Waals surface area contributed by atoms with Crippen molar-refractivity contribution in [1.29, 1.82) is 0 Å². The standard InChI is InChI=1S/C14H15NO3/c16-14-7-10(11-2-1-5-15(11)14)9-3-4-12-13(6-9)18-8-17-12/h3-4,6,10-11H,1-2,5,7-8H2/t10-,11+/m1/s1. The summed E-state index contributed by atoms with van der Waals surface area (Å²) in [5, 5.41) is 0. The van der Waals surface area contributed by atoms with E-state index >= 15 is 0 Å². The van der Waals surface area contributed by atoms with E-state index in [4.69, 9.17) is 9.47 Å². The van der Waals surface area contributed by atoms with Crippen LogP contribution in [0.4, 0.5) is 0 Å². The normalized spacial score (nSPS) is 28.9. The topological polar surface area (TPSA) is 38.8 Å². The van der Waals surface area contributed by atoms with Crippen molar-refractivity contribution in [1.82, 2.24) is 4.90 Å². The Morgan fingerprint density at radius 3 is 3.06 bits per heavy atom. The van der Waals surface area contributed by atoms with Crippen LogP contribution in [0.3, 0.4) is 0 Å². The predicted molar refractivity (Wildman–Crippen MR) is 64.7 cm³/mol. The van der Waals surface area contributed by atoms with E-state index in [1.807, 2.05) is 12.1 Å². The van der Waals surface area contributed by atoms with Crippen molar-refractivity contribution in [2.24, 2.45) is 0 Å². The summed E-state index contributed by atoms with van der Waals surface area (Å²) < 4.78 is 10.7. The maximum Gasteiger partial charge on any atom is 0.231 e. The van der Waals surface area contributed by atoms with Crippen molar-refractivity contribution in [3.63, 3.8) is 0 Å². The molecule has 1 aromatic carbocycles. The minimum atomic E-state index is 0.304. The second-order valence-electron chi connectivity index (χ2n) is 5.22. The number of benzene rings is 1. The predicted octanol–water partition coefficient (Wildman–Crippen LogP) is 1.89. The summed E-state index contributed by atoms with van der Waals surface area (Å²) in [6.07, 6.45) is 2.91. The minimum Gasteiger partial charge on any atom is -0.454 e. The van der Waals surface area contributed by atoms with E-state index in [0.29, 0.717) is 31.1 Å². The Bertz CT molecular complexity index is 514. The molecule has 2 saturated heterocycles. The van der Waals surface area contributed by atoms with Crippen LogP contribution in [0.5, 0.6) is 11.5 Å². The van der Waals surface area contributed by atoms with Crippen LogP contribution < -0.4 is 9.47 Å². The van der Waals surface area contributed by atoms with E-state index in [1.54, 1.807) is 0 Å². The van der Waals surface area contributed by atoms with Gasteiger partial charge in [0.1, 0.15) is 0 Å². The van der Waals surface area contributed by atoms with Crippen LogP contribution in [0.2, 0.25) is 0 Å². The zero-order valence-electron chi connectivity index (χ0n) is 10.1. The van der Waals surface area contributed by atoms with Crippen LogP contribution in [0.1, 0.15) is 30.7 Å². The van der Waals surface area contributed by atoms with Crippen molar-refractivity contribution in [2.45, 2.75) is 31.2 Å². The molecule has 1 amide bonds. The summed E-state index contributed by atoms with van der Waals surface area (Å²) in [7, 11) is 0. The highest BCUT2D eigenvalue weighted by Gasteiger charge is 2.43. The molecule has 0 saturated carbocycles. The van der Waals surface area contributed by atoms with Gasteiger partial charge in [-0.2, -0.15) is 0 Å². The Balaban J connectivity index is 1.69. The number of rotatable bonds is 1. The van der Waals surface area contributed by atoms with Crippen LogP contribution in [-0.4, -0.2) is 30.2 Å². The lowest BCUT2D eigenvalue weighted by Gasteiger charge is -2.20. The Labute approximate surface area is 105 Å². The molecule has 0 aliphatic carbocycles. The van der Waals surface area contributed by atoms with Gasteiger partial charge in [0.2, 0.25) is 12.7 Å². The van der Waals surface area contributed by atoms with Gasteiger partial charge in [-0.25, -0.2) is 0 Å². The van der Waals surface area contributed by atoms with Gasteiger partial charge in [0.05, 0.1) is 0 Å². The van der Waals surface area contributed by atoms with E-state index < -0.39 is 0 Å². The Morgan fingerprint density at radius 2 is 2.11 bits per heavy atom. The first-order chi connectivity index (χ1) is 8.83. The second-order valence-corrected chi connectivity index (χ2v) is 5.22. The first-order valence-electron chi connectivity index (χ1n) is 6.52. The van der Waals surface area contributed by atoms with Crippen molar-refractivity contribution >= 4 is 5.91 Å². The summed E-state index contributed by atoms with van der Waals surface area (Å²) in [5.41, 5.74) is 1.21. The monoisotopic (exact) mass is 245 g/mol. The Hall–Kier alpha value is -1.71. The third-order valence-electron chi connectivity index (χ3n) is 4.30. The van der Waals surface area contributed by atoms with Crippen LogP contribution >= 0.6 is 0 Å². The molecule has 0 unspecified atom stereocenters. The van der Waals surface area contributed by atoms with Crippen LogP contribution in [-0.2, 0) is 4.79 Å². The largest absolute Gasteiger partial charge is 0.454 e. The first-order valence-corrected chi connectivity index (χ1v) is 6.52. The fourth-order valence-corrected chi connectivity index (χ4v) is 3.45. The van der Waals surface area contributed by atoms with Crippen molar-refractivity contribution in [2.75, 3.05) is 13.3 Å². The summed E-state index contributed by atoms with van der Waals surface area (Å²) in [5.74, 6) is 2.26. The average Bonchev–Trinajstić information content (AvgIpc) is 3.06. The molecule has 18 heavy (non-hydrogen) atoms. The van der Waals surface area contributed by atoms with E-state index in [1.165, 1.54) is 5.56 Å². The number of nitrogens with zero attached hydrogens (tertiary/aromatic N) is 1. The fourth-order valence-electron chi connectivity index (χ4n) is 3.45.